The number of nitrogens with two attached hydrogens (primary N) is 1. The summed E-state index contributed by atoms with van der Waals surface area (Å²) in [5, 5.41) is 23.5. The van der Waals surface area contributed by atoms with Gasteiger partial charge in [0.25, 0.3) is 0 Å². The third-order valence-electron chi connectivity index (χ3n) is 12.5. The van der Waals surface area contributed by atoms with Crippen LogP contribution in [-0.4, -0.2) is 121 Å². The summed E-state index contributed by atoms with van der Waals surface area (Å²) in [4.78, 5) is 22.2. The average molecular weight is 975 g/mol. The summed E-state index contributed by atoms with van der Waals surface area (Å²) in [5.74, 6) is 0.208. The van der Waals surface area contributed by atoms with Crippen molar-refractivity contribution in [3.8, 4) is 28.4 Å². The molecule has 15 nitrogen and oxygen atoms in total. The fourth-order valence-electron chi connectivity index (χ4n) is 8.58. The van der Waals surface area contributed by atoms with E-state index in [1.807, 2.05) is 24.4 Å². The zero-order valence-corrected chi connectivity index (χ0v) is 38.4. The van der Waals surface area contributed by atoms with Gasteiger partial charge in [-0.1, -0.05) is 31.7 Å². The molecule has 370 valence electrons. The van der Waals surface area contributed by atoms with E-state index in [1.165, 1.54) is 24.0 Å². The van der Waals surface area contributed by atoms with Gasteiger partial charge in [-0.2, -0.15) is 21.6 Å². The topological polar surface area (TPSA) is 198 Å². The molecule has 2 aromatic carbocycles. The fraction of sp³-hybridized carbons (Fsp3) is 0.440. The number of rotatable bonds is 8. The van der Waals surface area contributed by atoms with Crippen LogP contribution >= 0.6 is 0 Å². The van der Waals surface area contributed by atoms with Gasteiger partial charge in [0.1, 0.15) is 5.82 Å². The summed E-state index contributed by atoms with van der Waals surface area (Å²) >= 11 is 0. The smallest absolute Gasteiger partial charge is 0.393 e. The lowest BCUT2D eigenvalue weighted by Gasteiger charge is -2.29. The lowest BCUT2D eigenvalue weighted by Crippen LogP contribution is -2.36. The minimum absolute atomic E-state index is 0. The number of nitrogens with one attached hydrogen (secondary N) is 1. The number of hydrogen-bond donors (Lipinski definition) is 4. The highest BCUT2D eigenvalue weighted by molar-refractivity contribution is 7.88. The van der Waals surface area contributed by atoms with Crippen molar-refractivity contribution in [2.75, 3.05) is 67.7 Å². The Labute approximate surface area is 401 Å². The third kappa shape index (κ3) is 13.3. The van der Waals surface area contributed by atoms with Crippen molar-refractivity contribution < 1.29 is 45.5 Å². The Bertz CT molecular complexity index is 2680. The minimum Gasteiger partial charge on any atom is -0.393 e. The zero-order valence-electron chi connectivity index (χ0n) is 37.6. The standard InChI is InChI=1S/C24H28N4O2.C19H16F3N3O4S.C6H13NO.CH4/c29-20-9-5-18(6-10-20)26-24-21-2-1-11-25-23(21)16-22(27-24)17-3-7-19(8-4-17)28-12-14-30-15-13-28;20-19(21,22)30(26,27)29-18-15-2-1-7-23-17(15)12-16(24-18)13-3-5-14(6-4-13)25-8-10-28-11-9-25;7-5-1-3-6(8)4-2-5;/h1-4,7-8,11,16,18,20,29H,5-6,9-10,12-15H2,(H,26,27);1-7,12H,8-11H2;5-6,8H,1-4,7H2;1H4. The molecule has 2 saturated carbocycles. The third-order valence-corrected chi connectivity index (χ3v) is 13.4. The molecular weight excluding hydrogens is 914 g/mol. The number of hydrogen-bond acceptors (Lipinski definition) is 15. The molecule has 0 radical (unpaired) electrons. The van der Waals surface area contributed by atoms with E-state index < -0.39 is 21.5 Å². The van der Waals surface area contributed by atoms with Gasteiger partial charge in [-0.15, -0.1) is 0 Å². The Morgan fingerprint density at radius 3 is 1.58 bits per heavy atom. The van der Waals surface area contributed by atoms with Crippen LogP contribution in [0.2, 0.25) is 0 Å². The predicted molar refractivity (Wildman–Crippen MR) is 263 cm³/mol. The normalized spacial score (nSPS) is 21.0. The molecule has 6 aromatic rings. The summed E-state index contributed by atoms with van der Waals surface area (Å²) in [6.07, 6.45) is 10.5. The van der Waals surface area contributed by atoms with Crippen LogP contribution in [0, 0.1) is 0 Å². The van der Waals surface area contributed by atoms with Gasteiger partial charge in [0.2, 0.25) is 5.88 Å². The van der Waals surface area contributed by atoms with Gasteiger partial charge in [0.15, 0.2) is 0 Å². The fourth-order valence-corrected chi connectivity index (χ4v) is 9.01. The van der Waals surface area contributed by atoms with Crippen molar-refractivity contribution in [3.63, 3.8) is 0 Å². The molecule has 0 unspecified atom stereocenters. The first kappa shape index (κ1) is 51.2. The molecule has 6 heterocycles. The predicted octanol–water partition coefficient (Wildman–Crippen LogP) is 8.10. The lowest BCUT2D eigenvalue weighted by atomic mass is 9.93. The highest BCUT2D eigenvalue weighted by Crippen LogP contribution is 2.34. The number of aliphatic hydroxyl groups excluding tert-OH is 2. The van der Waals surface area contributed by atoms with Gasteiger partial charge >= 0.3 is 15.6 Å². The van der Waals surface area contributed by atoms with Crippen LogP contribution in [0.3, 0.4) is 0 Å². The first-order valence-electron chi connectivity index (χ1n) is 23.1. The summed E-state index contributed by atoms with van der Waals surface area (Å²) in [6, 6.07) is 27.0. The maximum atomic E-state index is 12.8. The van der Waals surface area contributed by atoms with Crippen molar-refractivity contribution in [3.05, 3.63) is 97.3 Å². The van der Waals surface area contributed by atoms with E-state index in [-0.39, 0.29) is 36.2 Å². The second kappa shape index (κ2) is 23.3. The van der Waals surface area contributed by atoms with Crippen molar-refractivity contribution in [1.82, 2.24) is 19.9 Å². The maximum absolute atomic E-state index is 12.8. The SMILES string of the molecule is C.NC1CCC(O)CC1.O=S(=O)(Oc1nc(-c2ccc(N3CCOCC3)cc2)cc2ncccc12)C(F)(F)F.OC1CCC(Nc2nc(-c3ccc(N4CCOCC4)cc3)cc3ncccc23)CC1. The summed E-state index contributed by atoms with van der Waals surface area (Å²) in [5.41, 5.74) is 6.23. The molecule has 0 amide bonds. The molecule has 10 rings (SSSR count). The zero-order chi connectivity index (χ0) is 47.7. The first-order valence-corrected chi connectivity index (χ1v) is 24.5. The molecule has 4 fully saturated rings. The van der Waals surface area contributed by atoms with Crippen molar-refractivity contribution in [2.45, 2.75) is 88.6 Å². The summed E-state index contributed by atoms with van der Waals surface area (Å²) in [7, 11) is -5.87. The minimum atomic E-state index is -5.87. The number of aliphatic hydroxyl groups is 2. The van der Waals surface area contributed by atoms with E-state index in [4.69, 9.17) is 25.3 Å². The van der Waals surface area contributed by atoms with Gasteiger partial charge in [-0.25, -0.2) is 9.97 Å². The van der Waals surface area contributed by atoms with Crippen LogP contribution < -0.4 is 25.0 Å². The van der Waals surface area contributed by atoms with E-state index >= 15 is 0 Å². The van der Waals surface area contributed by atoms with Gasteiger partial charge in [-0.05, 0) is 112 Å². The number of pyridine rings is 4. The van der Waals surface area contributed by atoms with Crippen molar-refractivity contribution in [1.29, 1.82) is 0 Å². The molecule has 4 aromatic heterocycles. The number of halogens is 3. The molecule has 19 heteroatoms. The quantitative estimate of drug-likeness (QED) is 0.0843. The Morgan fingerprint density at radius 1 is 0.652 bits per heavy atom. The van der Waals surface area contributed by atoms with Crippen molar-refractivity contribution in [2.24, 2.45) is 5.73 Å². The number of aromatic nitrogens is 4. The molecular formula is C50H61F3N8O7S. The van der Waals surface area contributed by atoms with E-state index in [2.05, 4.69) is 70.6 Å². The Morgan fingerprint density at radius 2 is 1.10 bits per heavy atom. The van der Waals surface area contributed by atoms with Gasteiger partial charge < -0.3 is 44.7 Å². The number of ether oxygens (including phenoxy) is 2. The van der Waals surface area contributed by atoms with Gasteiger partial charge in [-0.3, -0.25) is 9.97 Å². The summed E-state index contributed by atoms with van der Waals surface area (Å²) in [6.45, 7) is 6.21. The van der Waals surface area contributed by atoms with Crippen LogP contribution in [0.1, 0.15) is 58.8 Å². The first-order chi connectivity index (χ1) is 32.8. The van der Waals surface area contributed by atoms with Crippen LogP contribution in [0.5, 0.6) is 5.88 Å². The molecule has 0 bridgehead atoms. The van der Waals surface area contributed by atoms with Crippen molar-refractivity contribution >= 4 is 49.1 Å². The van der Waals surface area contributed by atoms with Crippen LogP contribution in [0.4, 0.5) is 30.4 Å². The molecule has 4 aliphatic rings. The molecule has 2 saturated heterocycles. The van der Waals surface area contributed by atoms with E-state index in [9.17, 15) is 26.7 Å². The number of morpholine rings is 2. The molecule has 2 aliphatic heterocycles. The van der Waals surface area contributed by atoms with E-state index in [1.54, 1.807) is 18.2 Å². The van der Waals surface area contributed by atoms with Crippen LogP contribution in [0.25, 0.3) is 44.3 Å². The number of alkyl halides is 3. The molecule has 0 spiro atoms. The Kier molecular flexibility index (Phi) is 17.3. The number of benzene rings is 2. The molecule has 69 heavy (non-hydrogen) atoms. The monoisotopic (exact) mass is 974 g/mol. The van der Waals surface area contributed by atoms with Gasteiger partial charge in [0, 0.05) is 78.5 Å². The second-order valence-corrected chi connectivity index (χ2v) is 18.8. The van der Waals surface area contributed by atoms with Crippen LogP contribution in [0.15, 0.2) is 97.3 Å². The Hall–Kier alpha value is -5.70. The second-order valence-electron chi connectivity index (χ2n) is 17.3. The highest BCUT2D eigenvalue weighted by atomic mass is 32.2. The number of nitrogens with zero attached hydrogens (tertiary/aromatic N) is 6. The molecule has 2 aliphatic carbocycles. The average Bonchev–Trinajstić information content (AvgIpc) is 3.36. The van der Waals surface area contributed by atoms with Crippen LogP contribution in [-0.2, 0) is 19.6 Å². The largest absolute Gasteiger partial charge is 0.534 e. The maximum Gasteiger partial charge on any atom is 0.534 e. The highest BCUT2D eigenvalue weighted by Gasteiger charge is 2.49. The van der Waals surface area contributed by atoms with E-state index in [0.29, 0.717) is 30.9 Å². The lowest BCUT2D eigenvalue weighted by molar-refractivity contribution is -0.0500. The number of anilines is 3. The number of fused-ring (bicyclic) bond motifs is 2. The Balaban J connectivity index is 0.000000173. The van der Waals surface area contributed by atoms with E-state index in [0.717, 1.165) is 124 Å². The summed E-state index contributed by atoms with van der Waals surface area (Å²) < 4.78 is 76.5. The van der Waals surface area contributed by atoms with Gasteiger partial charge in [0.05, 0.1) is 66.4 Å². The molecule has 0 atom stereocenters. The molecule has 5 N–H and O–H groups in total.